The first-order valence-corrected chi connectivity index (χ1v) is 7.02. The number of hydrogen-bond donors (Lipinski definition) is 2. The summed E-state index contributed by atoms with van der Waals surface area (Å²) >= 11 is 0. The molecule has 0 unspecified atom stereocenters. The highest BCUT2D eigenvalue weighted by molar-refractivity contribution is 7.92. The fourth-order valence-electron chi connectivity index (χ4n) is 1.58. The Balaban J connectivity index is 2.44. The van der Waals surface area contributed by atoms with Crippen molar-refractivity contribution in [3.63, 3.8) is 0 Å². The van der Waals surface area contributed by atoms with Crippen LogP contribution in [0, 0.1) is 11.6 Å². The van der Waals surface area contributed by atoms with Gasteiger partial charge in [0.15, 0.2) is 11.6 Å². The summed E-state index contributed by atoms with van der Waals surface area (Å²) in [6.45, 7) is 0. The maximum absolute atomic E-state index is 13.5. The van der Waals surface area contributed by atoms with Gasteiger partial charge in [-0.25, -0.2) is 17.2 Å². The molecule has 8 heteroatoms. The predicted molar refractivity (Wildman–Crippen MR) is 71.0 cm³/mol. The number of pyridine rings is 1. The Labute approximate surface area is 114 Å². The highest BCUT2D eigenvalue weighted by Crippen LogP contribution is 2.24. The highest BCUT2D eigenvalue weighted by Gasteiger charge is 2.21. The first kappa shape index (κ1) is 14.2. The fraction of sp³-hybridized carbons (Fsp3) is 0.0833. The van der Waals surface area contributed by atoms with Gasteiger partial charge in [0.2, 0.25) is 0 Å². The lowest BCUT2D eigenvalue weighted by Crippen LogP contribution is -2.16. The van der Waals surface area contributed by atoms with Gasteiger partial charge in [0.05, 0.1) is 11.4 Å². The van der Waals surface area contributed by atoms with E-state index in [0.29, 0.717) is 5.69 Å². The van der Waals surface area contributed by atoms with Crippen molar-refractivity contribution in [1.82, 2.24) is 4.98 Å². The molecule has 0 radical (unpaired) electrons. The van der Waals surface area contributed by atoms with E-state index in [9.17, 15) is 17.2 Å². The van der Waals surface area contributed by atoms with Crippen molar-refractivity contribution in [3.05, 3.63) is 48.3 Å². The second-order valence-electron chi connectivity index (χ2n) is 3.83. The number of anilines is 2. The van der Waals surface area contributed by atoms with E-state index in [1.165, 1.54) is 25.4 Å². The van der Waals surface area contributed by atoms with Crippen molar-refractivity contribution in [2.45, 2.75) is 4.90 Å². The van der Waals surface area contributed by atoms with Gasteiger partial charge in [-0.15, -0.1) is 0 Å². The third-order valence-electron chi connectivity index (χ3n) is 2.54. The van der Waals surface area contributed by atoms with Crippen LogP contribution in [0.15, 0.2) is 41.6 Å². The molecule has 2 N–H and O–H groups in total. The maximum Gasteiger partial charge on any atom is 0.265 e. The largest absolute Gasteiger partial charge is 0.387 e. The van der Waals surface area contributed by atoms with Crippen LogP contribution in [0.5, 0.6) is 0 Å². The molecule has 1 heterocycles. The van der Waals surface area contributed by atoms with Gasteiger partial charge in [-0.1, -0.05) is 6.07 Å². The molecule has 5 nitrogen and oxygen atoms in total. The summed E-state index contributed by atoms with van der Waals surface area (Å²) in [6.07, 6.45) is 2.53. The number of sulfonamides is 1. The summed E-state index contributed by atoms with van der Waals surface area (Å²) in [5, 5.41) is 2.69. The lowest BCUT2D eigenvalue weighted by atomic mass is 10.3. The Morgan fingerprint density at radius 3 is 2.60 bits per heavy atom. The molecule has 20 heavy (non-hydrogen) atoms. The number of aromatic nitrogens is 1. The quantitative estimate of drug-likeness (QED) is 0.908. The third kappa shape index (κ3) is 2.69. The Kier molecular flexibility index (Phi) is 3.84. The van der Waals surface area contributed by atoms with Gasteiger partial charge >= 0.3 is 0 Å². The minimum Gasteiger partial charge on any atom is -0.387 e. The van der Waals surface area contributed by atoms with Gasteiger partial charge in [0, 0.05) is 19.4 Å². The molecule has 0 aliphatic heterocycles. The van der Waals surface area contributed by atoms with Crippen LogP contribution in [0.1, 0.15) is 0 Å². The van der Waals surface area contributed by atoms with Gasteiger partial charge in [-0.05, 0) is 18.2 Å². The Hall–Kier alpha value is -2.22. The molecule has 0 saturated carbocycles. The van der Waals surface area contributed by atoms with E-state index in [2.05, 4.69) is 10.3 Å². The molecule has 1 aromatic carbocycles. The first-order chi connectivity index (χ1) is 9.45. The molecule has 2 rings (SSSR count). The van der Waals surface area contributed by atoms with E-state index in [-0.39, 0.29) is 4.90 Å². The molecule has 0 atom stereocenters. The molecule has 2 aromatic rings. The summed E-state index contributed by atoms with van der Waals surface area (Å²) in [5.74, 6) is -2.39. The van der Waals surface area contributed by atoms with Gasteiger partial charge in [-0.3, -0.25) is 9.71 Å². The van der Waals surface area contributed by atoms with Crippen molar-refractivity contribution in [2.24, 2.45) is 0 Å². The molecule has 106 valence electrons. The van der Waals surface area contributed by atoms with Crippen molar-refractivity contribution < 1.29 is 17.2 Å². The van der Waals surface area contributed by atoms with Gasteiger partial charge in [0.1, 0.15) is 4.90 Å². The van der Waals surface area contributed by atoms with Crippen LogP contribution in [-0.2, 0) is 10.0 Å². The van der Waals surface area contributed by atoms with Crippen molar-refractivity contribution >= 4 is 21.4 Å². The Morgan fingerprint density at radius 1 is 1.15 bits per heavy atom. The molecule has 0 amide bonds. The molecular weight excluding hydrogens is 288 g/mol. The number of nitrogens with one attached hydrogen (secondary N) is 2. The average Bonchev–Trinajstić information content (AvgIpc) is 2.43. The van der Waals surface area contributed by atoms with Crippen molar-refractivity contribution in [2.75, 3.05) is 17.1 Å². The summed E-state index contributed by atoms with van der Waals surface area (Å²) < 4.78 is 52.9. The number of nitrogens with zero attached hydrogens (tertiary/aromatic N) is 1. The average molecular weight is 299 g/mol. The SMILES string of the molecule is CNc1ccncc1S(=O)(=O)Nc1cccc(F)c1F. The van der Waals surface area contributed by atoms with E-state index >= 15 is 0 Å². The van der Waals surface area contributed by atoms with E-state index in [1.54, 1.807) is 0 Å². The molecule has 0 saturated heterocycles. The Bertz CT molecular complexity index is 735. The van der Waals surface area contributed by atoms with Crippen molar-refractivity contribution in [3.8, 4) is 0 Å². The lowest BCUT2D eigenvalue weighted by molar-refractivity contribution is 0.511. The monoisotopic (exact) mass is 299 g/mol. The summed E-state index contributed by atoms with van der Waals surface area (Å²) in [4.78, 5) is 3.55. The summed E-state index contributed by atoms with van der Waals surface area (Å²) in [7, 11) is -2.54. The molecule has 0 fully saturated rings. The molecule has 0 bridgehead atoms. The minimum atomic E-state index is -4.08. The van der Waals surface area contributed by atoms with Crippen LogP contribution in [-0.4, -0.2) is 20.4 Å². The zero-order chi connectivity index (χ0) is 14.8. The maximum atomic E-state index is 13.5. The minimum absolute atomic E-state index is 0.161. The van der Waals surface area contributed by atoms with Crippen LogP contribution >= 0.6 is 0 Å². The predicted octanol–water partition coefficient (Wildman–Crippen LogP) is 2.20. The van der Waals surface area contributed by atoms with Crippen LogP contribution < -0.4 is 10.0 Å². The van der Waals surface area contributed by atoms with Crippen LogP contribution in [0.4, 0.5) is 20.2 Å². The second-order valence-corrected chi connectivity index (χ2v) is 5.48. The fourth-order valence-corrected chi connectivity index (χ4v) is 2.80. The summed E-state index contributed by atoms with van der Waals surface area (Å²) in [6, 6.07) is 4.69. The van der Waals surface area contributed by atoms with Gasteiger partial charge < -0.3 is 5.32 Å². The molecular formula is C12H11F2N3O2S. The Morgan fingerprint density at radius 2 is 1.90 bits per heavy atom. The number of halogens is 2. The van der Waals surface area contributed by atoms with E-state index in [0.717, 1.165) is 18.3 Å². The standard InChI is InChI=1S/C12H11F2N3O2S/c1-15-9-5-6-16-7-11(9)20(18,19)17-10-4-2-3-8(13)12(10)14/h2-7,17H,1H3,(H,15,16). The van der Waals surface area contributed by atoms with Crippen molar-refractivity contribution in [1.29, 1.82) is 0 Å². The third-order valence-corrected chi connectivity index (χ3v) is 3.93. The molecule has 0 aliphatic carbocycles. The zero-order valence-electron chi connectivity index (χ0n) is 10.4. The topological polar surface area (TPSA) is 71.1 Å². The lowest BCUT2D eigenvalue weighted by Gasteiger charge is -2.12. The van der Waals surface area contributed by atoms with Gasteiger partial charge in [-0.2, -0.15) is 0 Å². The van der Waals surface area contributed by atoms with Crippen LogP contribution in [0.3, 0.4) is 0 Å². The van der Waals surface area contributed by atoms with E-state index in [4.69, 9.17) is 0 Å². The summed E-state index contributed by atoms with van der Waals surface area (Å²) in [5.41, 5.74) is -0.166. The smallest absolute Gasteiger partial charge is 0.265 e. The highest BCUT2D eigenvalue weighted by atomic mass is 32.2. The number of hydrogen-bond acceptors (Lipinski definition) is 4. The van der Waals surface area contributed by atoms with Crippen LogP contribution in [0.25, 0.3) is 0 Å². The van der Waals surface area contributed by atoms with Crippen LogP contribution in [0.2, 0.25) is 0 Å². The first-order valence-electron chi connectivity index (χ1n) is 5.54. The van der Waals surface area contributed by atoms with E-state index in [1.807, 2.05) is 4.72 Å². The normalized spacial score (nSPS) is 11.2. The van der Waals surface area contributed by atoms with E-state index < -0.39 is 27.3 Å². The molecule has 0 aliphatic rings. The molecule has 0 spiro atoms. The second kappa shape index (κ2) is 5.41. The molecule has 1 aromatic heterocycles. The number of rotatable bonds is 4. The number of benzene rings is 1. The van der Waals surface area contributed by atoms with Gasteiger partial charge in [0.25, 0.3) is 10.0 Å². The zero-order valence-corrected chi connectivity index (χ0v) is 11.2.